The van der Waals surface area contributed by atoms with Crippen molar-refractivity contribution in [3.8, 4) is 0 Å². The Morgan fingerprint density at radius 3 is 2.19 bits per heavy atom. The molecule has 0 saturated carbocycles. The number of benzene rings is 1. The van der Waals surface area contributed by atoms with E-state index in [0.29, 0.717) is 35.6 Å². The number of carboxylic acids is 2. The Kier molecular flexibility index (Phi) is 11.7. The molecule has 0 aliphatic carbocycles. The maximum Gasteiger partial charge on any atom is 0.446 e. The Labute approximate surface area is 184 Å². The minimum atomic E-state index is -4.24. The van der Waals surface area contributed by atoms with Crippen molar-refractivity contribution < 1.29 is 33.0 Å². The van der Waals surface area contributed by atoms with Crippen LogP contribution >= 0.6 is 11.8 Å². The minimum Gasteiger partial charge on any atom is -0.478 e. The lowest BCUT2D eigenvalue weighted by atomic mass is 10.0. The second-order valence-corrected chi connectivity index (χ2v) is 8.58. The summed E-state index contributed by atoms with van der Waals surface area (Å²) in [6, 6.07) is 7.34. The van der Waals surface area contributed by atoms with Crippen LogP contribution in [0.1, 0.15) is 32.3 Å². The average molecular weight is 463 g/mol. The van der Waals surface area contributed by atoms with Gasteiger partial charge in [0.25, 0.3) is 0 Å². The zero-order valence-corrected chi connectivity index (χ0v) is 18.4. The molecular weight excluding hydrogens is 433 g/mol. The third-order valence-electron chi connectivity index (χ3n) is 4.36. The van der Waals surface area contributed by atoms with Crippen LogP contribution in [0.3, 0.4) is 0 Å². The van der Waals surface area contributed by atoms with Gasteiger partial charge in [-0.1, -0.05) is 32.0 Å². The highest BCUT2D eigenvalue weighted by Gasteiger charge is 2.31. The van der Waals surface area contributed by atoms with Gasteiger partial charge in [0, 0.05) is 36.2 Å². The van der Waals surface area contributed by atoms with Crippen molar-refractivity contribution in [2.24, 2.45) is 5.92 Å². The number of hydrogen-bond donors (Lipinski definition) is 3. The molecule has 1 aromatic carbocycles. The molecule has 1 aliphatic rings. The number of nitrogens with zero attached hydrogens (tertiary/aromatic N) is 1. The summed E-state index contributed by atoms with van der Waals surface area (Å²) >= 11 is -0.00412. The van der Waals surface area contributed by atoms with Crippen molar-refractivity contribution >= 4 is 23.7 Å². The number of halogens is 3. The van der Waals surface area contributed by atoms with Crippen LogP contribution in [-0.4, -0.2) is 58.2 Å². The fourth-order valence-electron chi connectivity index (χ4n) is 3.20. The smallest absolute Gasteiger partial charge is 0.446 e. The number of carboxylic acid groups (broad SMARTS) is 2. The van der Waals surface area contributed by atoms with E-state index in [1.807, 2.05) is 12.1 Å². The highest BCUT2D eigenvalue weighted by molar-refractivity contribution is 8.00. The van der Waals surface area contributed by atoms with Crippen molar-refractivity contribution in [2.45, 2.75) is 49.7 Å². The van der Waals surface area contributed by atoms with Crippen molar-refractivity contribution in [3.63, 3.8) is 0 Å². The van der Waals surface area contributed by atoms with Crippen LogP contribution in [0.25, 0.3) is 0 Å². The minimum absolute atomic E-state index is 0.00412. The van der Waals surface area contributed by atoms with Gasteiger partial charge >= 0.3 is 17.4 Å². The first-order chi connectivity index (χ1) is 14.5. The van der Waals surface area contributed by atoms with Crippen LogP contribution in [0, 0.1) is 5.92 Å². The maximum atomic E-state index is 12.8. The van der Waals surface area contributed by atoms with Crippen LogP contribution in [-0.2, 0) is 16.1 Å². The number of thioether (sulfide) groups is 1. The van der Waals surface area contributed by atoms with Crippen molar-refractivity contribution in [3.05, 3.63) is 42.0 Å². The Bertz CT molecular complexity index is 720. The molecule has 0 atom stereocenters. The Morgan fingerprint density at radius 1 is 1.16 bits per heavy atom. The van der Waals surface area contributed by atoms with Gasteiger partial charge < -0.3 is 15.5 Å². The number of rotatable bonds is 8. The molecule has 0 radical (unpaired) electrons. The Balaban J connectivity index is 0.000000512. The summed E-state index contributed by atoms with van der Waals surface area (Å²) in [5.74, 6) is -2.02. The zero-order chi connectivity index (χ0) is 23.4. The second-order valence-electron chi connectivity index (χ2n) is 7.47. The third-order valence-corrected chi connectivity index (χ3v) is 5.21. The molecule has 174 valence electrons. The van der Waals surface area contributed by atoms with E-state index >= 15 is 0 Å². The van der Waals surface area contributed by atoms with E-state index in [4.69, 9.17) is 10.2 Å². The topological polar surface area (TPSA) is 89.9 Å². The predicted octanol–water partition coefficient (Wildman–Crippen LogP) is 4.22. The molecule has 6 nitrogen and oxygen atoms in total. The number of nitrogens with one attached hydrogen (secondary N) is 1. The molecule has 10 heteroatoms. The largest absolute Gasteiger partial charge is 0.478 e. The van der Waals surface area contributed by atoms with E-state index in [1.165, 1.54) is 0 Å². The molecule has 1 fully saturated rings. The number of alkyl halides is 3. The summed E-state index contributed by atoms with van der Waals surface area (Å²) in [4.78, 5) is 21.8. The number of carbonyl (C=O) groups is 2. The molecular formula is C21H29F3N2O4S. The van der Waals surface area contributed by atoms with Gasteiger partial charge in [-0.25, -0.2) is 9.59 Å². The second kappa shape index (κ2) is 13.4. The first kappa shape index (κ1) is 27.0. The van der Waals surface area contributed by atoms with Gasteiger partial charge in [-0.3, -0.25) is 4.90 Å². The number of piperidine rings is 1. The van der Waals surface area contributed by atoms with E-state index in [-0.39, 0.29) is 11.8 Å². The Hall–Kier alpha value is -2.04. The van der Waals surface area contributed by atoms with E-state index in [9.17, 15) is 22.8 Å². The lowest BCUT2D eigenvalue weighted by Gasteiger charge is -2.36. The molecule has 0 aromatic heterocycles. The van der Waals surface area contributed by atoms with Gasteiger partial charge in [-0.05, 0) is 55.2 Å². The maximum absolute atomic E-state index is 12.8. The SMILES string of the molecule is CC(C)CN(Cc1ccccc1SC(F)(F)F)C1CCNCC1.O=C(O)C=CC(=O)O. The molecule has 0 amide bonds. The van der Waals surface area contributed by atoms with Gasteiger partial charge in [0.1, 0.15) is 0 Å². The highest BCUT2D eigenvalue weighted by Crippen LogP contribution is 2.39. The quantitative estimate of drug-likeness (QED) is 0.394. The van der Waals surface area contributed by atoms with Crippen molar-refractivity contribution in [1.29, 1.82) is 0 Å². The molecule has 1 saturated heterocycles. The monoisotopic (exact) mass is 462 g/mol. The van der Waals surface area contributed by atoms with Gasteiger partial charge in [0.15, 0.2) is 0 Å². The normalized spacial score (nSPS) is 15.2. The summed E-state index contributed by atoms with van der Waals surface area (Å²) in [5, 5.41) is 19.0. The summed E-state index contributed by atoms with van der Waals surface area (Å²) in [7, 11) is 0. The lowest BCUT2D eigenvalue weighted by Crippen LogP contribution is -2.44. The summed E-state index contributed by atoms with van der Waals surface area (Å²) < 4.78 is 38.3. The molecule has 2 rings (SSSR count). The molecule has 3 N–H and O–H groups in total. The van der Waals surface area contributed by atoms with Gasteiger partial charge in [-0.15, -0.1) is 0 Å². The van der Waals surface area contributed by atoms with Crippen molar-refractivity contribution in [2.75, 3.05) is 19.6 Å². The van der Waals surface area contributed by atoms with Crippen LogP contribution in [0.5, 0.6) is 0 Å². The molecule has 0 bridgehead atoms. The molecule has 1 aromatic rings. The summed E-state index contributed by atoms with van der Waals surface area (Å²) in [5.41, 5.74) is -3.47. The molecule has 31 heavy (non-hydrogen) atoms. The van der Waals surface area contributed by atoms with Crippen LogP contribution in [0.15, 0.2) is 41.3 Å². The number of aliphatic carboxylic acids is 2. The van der Waals surface area contributed by atoms with Crippen LogP contribution < -0.4 is 5.32 Å². The lowest BCUT2D eigenvalue weighted by molar-refractivity contribution is -0.134. The number of hydrogen-bond acceptors (Lipinski definition) is 5. The molecule has 1 heterocycles. The third kappa shape index (κ3) is 12.4. The fourth-order valence-corrected chi connectivity index (χ4v) is 3.86. The average Bonchev–Trinajstić information content (AvgIpc) is 2.67. The molecule has 0 unspecified atom stereocenters. The fraction of sp³-hybridized carbons (Fsp3) is 0.524. The summed E-state index contributed by atoms with van der Waals surface area (Å²) in [6.07, 6.45) is 3.23. The van der Waals surface area contributed by atoms with Gasteiger partial charge in [0.2, 0.25) is 0 Å². The molecule has 1 aliphatic heterocycles. The summed E-state index contributed by atoms with van der Waals surface area (Å²) in [6.45, 7) is 7.78. The van der Waals surface area contributed by atoms with E-state index in [2.05, 4.69) is 24.1 Å². The van der Waals surface area contributed by atoms with Gasteiger partial charge in [0.05, 0.1) is 0 Å². The zero-order valence-electron chi connectivity index (χ0n) is 17.6. The van der Waals surface area contributed by atoms with E-state index in [0.717, 1.165) is 38.0 Å². The van der Waals surface area contributed by atoms with Crippen molar-refractivity contribution in [1.82, 2.24) is 10.2 Å². The van der Waals surface area contributed by atoms with Crippen LogP contribution in [0.4, 0.5) is 13.2 Å². The first-order valence-electron chi connectivity index (χ1n) is 9.90. The standard InChI is InChI=1S/C17H25F3N2S.C4H4O4/c1-13(2)11-22(15-7-9-21-10-8-15)12-14-5-3-4-6-16(14)23-17(18,19)20;5-3(6)1-2-4(7)8/h3-6,13,15,21H,7-12H2,1-2H3;1-2H,(H,5,6)(H,7,8). The Morgan fingerprint density at radius 2 is 1.71 bits per heavy atom. The van der Waals surface area contributed by atoms with E-state index < -0.39 is 17.4 Å². The van der Waals surface area contributed by atoms with Crippen LogP contribution in [0.2, 0.25) is 0 Å². The molecule has 0 spiro atoms. The predicted molar refractivity (Wildman–Crippen MR) is 114 cm³/mol. The first-order valence-corrected chi connectivity index (χ1v) is 10.7. The van der Waals surface area contributed by atoms with Gasteiger partial charge in [-0.2, -0.15) is 13.2 Å². The highest BCUT2D eigenvalue weighted by atomic mass is 32.2. The van der Waals surface area contributed by atoms with E-state index in [1.54, 1.807) is 12.1 Å².